The monoisotopic (exact) mass is 335 g/mol. The molecule has 1 aliphatic heterocycles. The molecule has 7 nitrogen and oxygen atoms in total. The Labute approximate surface area is 140 Å². The third-order valence-corrected chi connectivity index (χ3v) is 4.31. The number of allylic oxidation sites excluding steroid dienone is 1. The molecule has 0 radical (unpaired) electrons. The van der Waals surface area contributed by atoms with E-state index in [0.29, 0.717) is 29.1 Å². The van der Waals surface area contributed by atoms with Crippen molar-refractivity contribution in [2.75, 3.05) is 11.9 Å². The fourth-order valence-electron chi connectivity index (χ4n) is 3.20. The Morgan fingerprint density at radius 3 is 2.42 bits per heavy atom. The van der Waals surface area contributed by atoms with Crippen LogP contribution in [-0.4, -0.2) is 21.7 Å². The number of hydrogen-bond acceptors (Lipinski definition) is 5. The van der Waals surface area contributed by atoms with Crippen LogP contribution in [0.15, 0.2) is 20.9 Å². The van der Waals surface area contributed by atoms with Gasteiger partial charge in [0.05, 0.1) is 17.7 Å². The molecule has 0 bridgehead atoms. The minimum Gasteiger partial charge on any atom is -0.463 e. The van der Waals surface area contributed by atoms with E-state index in [1.807, 2.05) is 13.8 Å². The number of carbonyl (C=O) groups is 1. The number of anilines is 1. The molecule has 0 aromatic carbocycles. The van der Waals surface area contributed by atoms with E-state index in [1.54, 1.807) is 20.9 Å². The lowest BCUT2D eigenvalue weighted by Crippen LogP contribution is -2.43. The van der Waals surface area contributed by atoms with Crippen molar-refractivity contribution >= 4 is 11.8 Å². The van der Waals surface area contributed by atoms with Crippen molar-refractivity contribution in [1.82, 2.24) is 9.13 Å². The summed E-state index contributed by atoms with van der Waals surface area (Å²) in [5, 5.41) is 3.06. The molecule has 0 spiro atoms. The van der Waals surface area contributed by atoms with Crippen molar-refractivity contribution < 1.29 is 9.53 Å². The molecule has 7 heteroatoms. The number of hydrogen-bond donors (Lipinski definition) is 1. The smallest absolute Gasteiger partial charge is 0.336 e. The molecular weight excluding hydrogens is 310 g/mol. The lowest BCUT2D eigenvalue weighted by Gasteiger charge is -2.31. The van der Waals surface area contributed by atoms with Crippen LogP contribution in [-0.2, 0) is 23.6 Å². The van der Waals surface area contributed by atoms with Gasteiger partial charge >= 0.3 is 11.7 Å². The zero-order chi connectivity index (χ0) is 18.2. The predicted molar refractivity (Wildman–Crippen MR) is 92.1 cm³/mol. The maximum absolute atomic E-state index is 12.7. The molecule has 0 saturated heterocycles. The first-order chi connectivity index (χ1) is 11.2. The van der Waals surface area contributed by atoms with Crippen molar-refractivity contribution in [2.24, 2.45) is 20.0 Å². The molecule has 1 atom stereocenters. The Kier molecular flexibility index (Phi) is 5.01. The molecule has 1 aliphatic rings. The minimum absolute atomic E-state index is 0.264. The minimum atomic E-state index is -0.422. The average Bonchev–Trinajstić information content (AvgIpc) is 2.50. The van der Waals surface area contributed by atoms with Gasteiger partial charge in [0.25, 0.3) is 5.56 Å². The summed E-state index contributed by atoms with van der Waals surface area (Å²) in [6, 6.07) is 0. The van der Waals surface area contributed by atoms with E-state index < -0.39 is 17.6 Å². The number of rotatable bonds is 4. The van der Waals surface area contributed by atoms with Gasteiger partial charge in [0.2, 0.25) is 0 Å². The number of esters is 1. The van der Waals surface area contributed by atoms with Crippen LogP contribution in [0, 0.1) is 5.92 Å². The summed E-state index contributed by atoms with van der Waals surface area (Å²) >= 11 is 0. The Morgan fingerprint density at radius 1 is 1.25 bits per heavy atom. The molecule has 1 unspecified atom stereocenters. The van der Waals surface area contributed by atoms with Crippen LogP contribution in [0.25, 0.3) is 0 Å². The van der Waals surface area contributed by atoms with E-state index in [0.717, 1.165) is 4.57 Å². The van der Waals surface area contributed by atoms with Crippen molar-refractivity contribution in [2.45, 2.75) is 40.0 Å². The molecular formula is C17H25N3O4. The average molecular weight is 335 g/mol. The van der Waals surface area contributed by atoms with Gasteiger partial charge in [0.15, 0.2) is 0 Å². The van der Waals surface area contributed by atoms with Crippen LogP contribution in [0.3, 0.4) is 0 Å². The van der Waals surface area contributed by atoms with E-state index in [4.69, 9.17) is 4.74 Å². The normalized spacial score (nSPS) is 16.9. The second kappa shape index (κ2) is 6.67. The predicted octanol–water partition coefficient (Wildman–Crippen LogP) is 1.48. The molecule has 0 amide bonds. The first-order valence-corrected chi connectivity index (χ1v) is 8.15. The van der Waals surface area contributed by atoms with Crippen LogP contribution in [0.2, 0.25) is 0 Å². The Bertz CT molecular complexity index is 814. The molecule has 0 aliphatic carbocycles. The van der Waals surface area contributed by atoms with Crippen molar-refractivity contribution in [3.63, 3.8) is 0 Å². The van der Waals surface area contributed by atoms with Crippen molar-refractivity contribution in [3.8, 4) is 0 Å². The number of ether oxygens (including phenoxy) is 1. The van der Waals surface area contributed by atoms with Gasteiger partial charge in [-0.1, -0.05) is 13.8 Å². The van der Waals surface area contributed by atoms with E-state index >= 15 is 0 Å². The van der Waals surface area contributed by atoms with Gasteiger partial charge in [-0.2, -0.15) is 0 Å². The molecule has 132 valence electrons. The van der Waals surface area contributed by atoms with Crippen LogP contribution >= 0.6 is 0 Å². The summed E-state index contributed by atoms with van der Waals surface area (Å²) in [6.07, 6.45) is 0.619. The molecule has 0 fully saturated rings. The number of carbonyl (C=O) groups excluding carboxylic acids is 1. The molecule has 1 N–H and O–H groups in total. The summed E-state index contributed by atoms with van der Waals surface area (Å²) in [5.74, 6) is -0.0973. The van der Waals surface area contributed by atoms with Gasteiger partial charge < -0.3 is 10.1 Å². The van der Waals surface area contributed by atoms with E-state index in [1.165, 1.54) is 11.6 Å². The number of nitrogens with one attached hydrogen (secondary N) is 1. The topological polar surface area (TPSA) is 82.3 Å². The van der Waals surface area contributed by atoms with Crippen molar-refractivity contribution in [3.05, 3.63) is 37.7 Å². The fourth-order valence-corrected chi connectivity index (χ4v) is 3.20. The van der Waals surface area contributed by atoms with Gasteiger partial charge in [0.1, 0.15) is 5.82 Å². The maximum atomic E-state index is 12.7. The highest BCUT2D eigenvalue weighted by Gasteiger charge is 2.36. The highest BCUT2D eigenvalue weighted by molar-refractivity contribution is 5.93. The first-order valence-electron chi connectivity index (χ1n) is 8.15. The molecule has 1 aromatic heterocycles. The number of aromatic nitrogens is 2. The van der Waals surface area contributed by atoms with Gasteiger partial charge in [-0.3, -0.25) is 13.9 Å². The molecule has 24 heavy (non-hydrogen) atoms. The summed E-state index contributed by atoms with van der Waals surface area (Å²) in [7, 11) is 3.06. The lowest BCUT2D eigenvalue weighted by molar-refractivity contribution is -0.139. The third-order valence-electron chi connectivity index (χ3n) is 4.31. The second-order valence-corrected chi connectivity index (χ2v) is 6.53. The van der Waals surface area contributed by atoms with Gasteiger partial charge in [-0.25, -0.2) is 9.59 Å². The zero-order valence-corrected chi connectivity index (χ0v) is 15.1. The van der Waals surface area contributed by atoms with Gasteiger partial charge in [-0.05, 0) is 26.2 Å². The number of fused-ring (bicyclic) bond motifs is 1. The summed E-state index contributed by atoms with van der Waals surface area (Å²) in [4.78, 5) is 37.4. The largest absolute Gasteiger partial charge is 0.463 e. The van der Waals surface area contributed by atoms with Crippen LogP contribution in [0.1, 0.15) is 45.6 Å². The highest BCUT2D eigenvalue weighted by atomic mass is 16.5. The molecule has 0 saturated carbocycles. The lowest BCUT2D eigenvalue weighted by atomic mass is 9.82. The van der Waals surface area contributed by atoms with Crippen LogP contribution in [0.5, 0.6) is 0 Å². The van der Waals surface area contributed by atoms with E-state index in [2.05, 4.69) is 5.32 Å². The third kappa shape index (κ3) is 2.90. The first kappa shape index (κ1) is 18.0. The van der Waals surface area contributed by atoms with Gasteiger partial charge in [0, 0.05) is 25.7 Å². The molecule has 2 heterocycles. The number of nitrogens with zero attached hydrogens (tertiary/aromatic N) is 2. The van der Waals surface area contributed by atoms with Crippen LogP contribution in [0.4, 0.5) is 5.82 Å². The highest BCUT2D eigenvalue weighted by Crippen LogP contribution is 2.39. The Balaban J connectivity index is 2.76. The van der Waals surface area contributed by atoms with E-state index in [9.17, 15) is 14.4 Å². The fraction of sp³-hybridized carbons (Fsp3) is 0.588. The van der Waals surface area contributed by atoms with Gasteiger partial charge in [-0.15, -0.1) is 0 Å². The molecule has 1 aromatic rings. The maximum Gasteiger partial charge on any atom is 0.336 e. The zero-order valence-electron chi connectivity index (χ0n) is 15.1. The molecule has 2 rings (SSSR count). The van der Waals surface area contributed by atoms with Crippen LogP contribution < -0.4 is 16.6 Å². The standard InChI is InChI=1S/C17H25N3O4/c1-7-24-16(22)12-10(4)18-14-13(11(12)8-9(2)3)15(21)20(6)17(23)19(14)5/h9,11,18H,7-8H2,1-6H3. The second-order valence-electron chi connectivity index (χ2n) is 6.53. The quantitative estimate of drug-likeness (QED) is 0.843. The Hall–Kier alpha value is -2.31. The van der Waals surface area contributed by atoms with Crippen molar-refractivity contribution in [1.29, 1.82) is 0 Å². The summed E-state index contributed by atoms with van der Waals surface area (Å²) in [6.45, 7) is 7.85. The van der Waals surface area contributed by atoms with E-state index in [-0.39, 0.29) is 18.1 Å². The summed E-state index contributed by atoms with van der Waals surface area (Å²) in [5.41, 5.74) is 0.757. The summed E-state index contributed by atoms with van der Waals surface area (Å²) < 4.78 is 7.68. The SMILES string of the molecule is CCOC(=O)C1=C(C)Nc2c(c(=O)n(C)c(=O)n2C)C1CC(C)C. The Morgan fingerprint density at radius 2 is 1.88 bits per heavy atom.